The summed E-state index contributed by atoms with van der Waals surface area (Å²) < 4.78 is 11.0. The number of aryl methyl sites for hydroxylation is 1. The zero-order valence-electron chi connectivity index (χ0n) is 19.1. The lowest BCUT2D eigenvalue weighted by atomic mass is 10.1. The standard InChI is InChI=1S/C27H27ClN2O4/c1-33-25-16-20(18-29-30-27(32)22-13-14-24(31)23(28)17-22)15-21(26(25)34-2)12-8-4-7-11-19-9-5-3-6-10-19/h3,5-6,8-10,12-18,31H,4,7,11H2,1-2H3,(H,30,32)/b12-8+,29-18+. The van der Waals surface area contributed by atoms with Crippen molar-refractivity contribution >= 4 is 29.8 Å². The molecule has 3 aromatic rings. The van der Waals surface area contributed by atoms with Crippen molar-refractivity contribution in [1.82, 2.24) is 5.43 Å². The van der Waals surface area contributed by atoms with Gasteiger partial charge in [0.15, 0.2) is 11.5 Å². The molecular formula is C27H27ClN2O4. The summed E-state index contributed by atoms with van der Waals surface area (Å²) >= 11 is 5.86. The van der Waals surface area contributed by atoms with Gasteiger partial charge in [-0.25, -0.2) is 5.43 Å². The normalized spacial score (nSPS) is 11.1. The van der Waals surface area contributed by atoms with Gasteiger partial charge in [-0.15, -0.1) is 0 Å². The van der Waals surface area contributed by atoms with Crippen molar-refractivity contribution in [3.05, 3.63) is 94.0 Å². The van der Waals surface area contributed by atoms with Gasteiger partial charge < -0.3 is 14.6 Å². The number of hydrazone groups is 1. The Morgan fingerprint density at radius 3 is 2.59 bits per heavy atom. The van der Waals surface area contributed by atoms with Crippen LogP contribution in [0.15, 0.2) is 71.8 Å². The molecule has 0 heterocycles. The fraction of sp³-hybridized carbons (Fsp3) is 0.185. The molecule has 34 heavy (non-hydrogen) atoms. The van der Waals surface area contributed by atoms with E-state index < -0.39 is 5.91 Å². The lowest BCUT2D eigenvalue weighted by Crippen LogP contribution is -2.17. The minimum atomic E-state index is -0.447. The number of ether oxygens (including phenoxy) is 2. The molecule has 0 saturated carbocycles. The van der Waals surface area contributed by atoms with Gasteiger partial charge in [0, 0.05) is 11.1 Å². The van der Waals surface area contributed by atoms with Gasteiger partial charge in [-0.3, -0.25) is 4.79 Å². The Bertz CT molecular complexity index is 1180. The van der Waals surface area contributed by atoms with Gasteiger partial charge >= 0.3 is 0 Å². The molecular weight excluding hydrogens is 452 g/mol. The summed E-state index contributed by atoms with van der Waals surface area (Å²) in [6, 6.07) is 18.3. The second-order valence-electron chi connectivity index (χ2n) is 7.49. The van der Waals surface area contributed by atoms with Crippen LogP contribution in [0.1, 0.15) is 39.9 Å². The van der Waals surface area contributed by atoms with Crippen LogP contribution in [0.5, 0.6) is 17.2 Å². The minimum absolute atomic E-state index is 0.0901. The molecule has 3 aromatic carbocycles. The summed E-state index contributed by atoms with van der Waals surface area (Å²) in [7, 11) is 3.17. The number of hydrogen-bond donors (Lipinski definition) is 2. The van der Waals surface area contributed by atoms with Crippen LogP contribution in [0.3, 0.4) is 0 Å². The molecule has 176 valence electrons. The van der Waals surface area contributed by atoms with E-state index in [1.54, 1.807) is 20.3 Å². The average molecular weight is 479 g/mol. The number of halogens is 1. The number of carbonyl (C=O) groups excluding carboxylic acids is 1. The Kier molecular flexibility index (Phi) is 9.12. The number of phenols is 1. The summed E-state index contributed by atoms with van der Waals surface area (Å²) in [5.74, 6) is 0.651. The first-order chi connectivity index (χ1) is 16.5. The smallest absolute Gasteiger partial charge is 0.271 e. The highest BCUT2D eigenvalue weighted by molar-refractivity contribution is 6.32. The van der Waals surface area contributed by atoms with Crippen LogP contribution in [-0.2, 0) is 6.42 Å². The maximum Gasteiger partial charge on any atom is 0.271 e. The number of hydrogen-bond acceptors (Lipinski definition) is 5. The number of allylic oxidation sites excluding steroid dienone is 1. The molecule has 0 radical (unpaired) electrons. The molecule has 0 spiro atoms. The molecule has 2 N–H and O–H groups in total. The number of rotatable bonds is 10. The van der Waals surface area contributed by atoms with E-state index >= 15 is 0 Å². The lowest BCUT2D eigenvalue weighted by Gasteiger charge is -2.12. The van der Waals surface area contributed by atoms with Crippen LogP contribution in [0.25, 0.3) is 6.08 Å². The van der Waals surface area contributed by atoms with Crippen LogP contribution in [0.4, 0.5) is 0 Å². The molecule has 0 aliphatic rings. The van der Waals surface area contributed by atoms with Crippen LogP contribution < -0.4 is 14.9 Å². The van der Waals surface area contributed by atoms with Gasteiger partial charge in [-0.1, -0.05) is 54.1 Å². The predicted molar refractivity (Wildman–Crippen MR) is 136 cm³/mol. The monoisotopic (exact) mass is 478 g/mol. The third-order valence-corrected chi connectivity index (χ3v) is 5.40. The molecule has 0 saturated heterocycles. The Morgan fingerprint density at radius 2 is 1.88 bits per heavy atom. The summed E-state index contributed by atoms with van der Waals surface area (Å²) in [5.41, 5.74) is 5.64. The zero-order chi connectivity index (χ0) is 24.3. The molecule has 0 unspecified atom stereocenters. The average Bonchev–Trinajstić information content (AvgIpc) is 2.85. The van der Waals surface area contributed by atoms with Crippen LogP contribution in [0.2, 0.25) is 5.02 Å². The molecule has 0 bridgehead atoms. The number of methoxy groups -OCH3 is 2. The zero-order valence-corrected chi connectivity index (χ0v) is 19.9. The Labute approximate surface area is 204 Å². The van der Waals surface area contributed by atoms with E-state index in [4.69, 9.17) is 21.1 Å². The number of nitrogens with one attached hydrogen (secondary N) is 1. The summed E-state index contributed by atoms with van der Waals surface area (Å²) in [6.07, 6.45) is 8.61. The fourth-order valence-electron chi connectivity index (χ4n) is 3.37. The van der Waals surface area contributed by atoms with Crippen molar-refractivity contribution in [2.75, 3.05) is 14.2 Å². The molecule has 3 rings (SSSR count). The quantitative estimate of drug-likeness (QED) is 0.217. The maximum absolute atomic E-state index is 12.3. The highest BCUT2D eigenvalue weighted by Crippen LogP contribution is 2.33. The molecule has 0 fully saturated rings. The van der Waals surface area contributed by atoms with E-state index in [1.165, 1.54) is 30.0 Å². The molecule has 0 aliphatic heterocycles. The molecule has 0 aliphatic carbocycles. The van der Waals surface area contributed by atoms with Crippen LogP contribution >= 0.6 is 11.6 Å². The maximum atomic E-state index is 12.3. The number of amides is 1. The molecule has 1 amide bonds. The lowest BCUT2D eigenvalue weighted by molar-refractivity contribution is 0.0955. The van der Waals surface area contributed by atoms with E-state index in [1.807, 2.05) is 18.2 Å². The largest absolute Gasteiger partial charge is 0.506 e. The first-order valence-electron chi connectivity index (χ1n) is 10.8. The first kappa shape index (κ1) is 24.9. The Balaban J connectivity index is 1.68. The van der Waals surface area contributed by atoms with Gasteiger partial charge in [-0.2, -0.15) is 5.10 Å². The van der Waals surface area contributed by atoms with Crippen LogP contribution in [0, 0.1) is 0 Å². The second kappa shape index (κ2) is 12.5. The highest BCUT2D eigenvalue weighted by Gasteiger charge is 2.11. The van der Waals surface area contributed by atoms with E-state index in [2.05, 4.69) is 40.9 Å². The van der Waals surface area contributed by atoms with Gasteiger partial charge in [0.25, 0.3) is 5.91 Å². The first-order valence-corrected chi connectivity index (χ1v) is 11.2. The van der Waals surface area contributed by atoms with Crippen molar-refractivity contribution in [2.45, 2.75) is 19.3 Å². The number of nitrogens with zero attached hydrogens (tertiary/aromatic N) is 1. The summed E-state index contributed by atoms with van der Waals surface area (Å²) in [5, 5.41) is 13.6. The summed E-state index contributed by atoms with van der Waals surface area (Å²) in [6.45, 7) is 0. The van der Waals surface area contributed by atoms with Gasteiger partial charge in [0.2, 0.25) is 0 Å². The Hall–Kier alpha value is -3.77. The molecule has 6 nitrogen and oxygen atoms in total. The molecule has 0 aromatic heterocycles. The summed E-state index contributed by atoms with van der Waals surface area (Å²) in [4.78, 5) is 12.3. The third kappa shape index (κ3) is 6.86. The number of benzene rings is 3. The molecule has 7 heteroatoms. The van der Waals surface area contributed by atoms with E-state index in [9.17, 15) is 9.90 Å². The highest BCUT2D eigenvalue weighted by atomic mass is 35.5. The Morgan fingerprint density at radius 1 is 1.09 bits per heavy atom. The topological polar surface area (TPSA) is 80.2 Å². The number of carbonyl (C=O) groups is 1. The fourth-order valence-corrected chi connectivity index (χ4v) is 3.55. The van der Waals surface area contributed by atoms with Crippen molar-refractivity contribution in [1.29, 1.82) is 0 Å². The number of unbranched alkanes of at least 4 members (excludes halogenated alkanes) is 1. The van der Waals surface area contributed by atoms with Crippen molar-refractivity contribution in [2.24, 2.45) is 5.10 Å². The van der Waals surface area contributed by atoms with E-state index in [0.717, 1.165) is 30.4 Å². The third-order valence-electron chi connectivity index (χ3n) is 5.10. The van der Waals surface area contributed by atoms with Gasteiger partial charge in [0.05, 0.1) is 25.5 Å². The van der Waals surface area contributed by atoms with Crippen molar-refractivity contribution in [3.63, 3.8) is 0 Å². The van der Waals surface area contributed by atoms with Crippen molar-refractivity contribution in [3.8, 4) is 17.2 Å². The van der Waals surface area contributed by atoms with Crippen molar-refractivity contribution < 1.29 is 19.4 Å². The van der Waals surface area contributed by atoms with E-state index in [0.29, 0.717) is 11.5 Å². The van der Waals surface area contributed by atoms with Gasteiger partial charge in [-0.05, 0) is 60.7 Å². The second-order valence-corrected chi connectivity index (χ2v) is 7.90. The predicted octanol–water partition coefficient (Wildman–Crippen LogP) is 5.86. The molecule has 0 atom stereocenters. The number of phenolic OH excluding ortho intramolecular Hbond substituents is 1. The van der Waals surface area contributed by atoms with Crippen LogP contribution in [-0.4, -0.2) is 31.4 Å². The minimum Gasteiger partial charge on any atom is -0.506 e. The number of aromatic hydroxyl groups is 1. The van der Waals surface area contributed by atoms with Gasteiger partial charge in [0.1, 0.15) is 5.75 Å². The van der Waals surface area contributed by atoms with E-state index in [-0.39, 0.29) is 16.3 Å². The SMILES string of the molecule is COc1cc(/C=N/NC(=O)c2ccc(O)c(Cl)c2)cc(/C=C/CCCc2ccccc2)c1OC.